The van der Waals surface area contributed by atoms with Crippen LogP contribution in [0.15, 0.2) is 42.5 Å². The number of amides is 2. The average Bonchev–Trinajstić information content (AvgIpc) is 2.72. The summed E-state index contributed by atoms with van der Waals surface area (Å²) in [5.41, 5.74) is 0.703. The van der Waals surface area contributed by atoms with Gasteiger partial charge in [-0.15, -0.1) is 0 Å². The van der Waals surface area contributed by atoms with E-state index < -0.39 is 6.04 Å². The first-order valence-corrected chi connectivity index (χ1v) is 10.9. The van der Waals surface area contributed by atoms with Gasteiger partial charge in [0, 0.05) is 18.1 Å². The summed E-state index contributed by atoms with van der Waals surface area (Å²) in [6.45, 7) is 6.16. The molecule has 0 aliphatic rings. The Kier molecular flexibility index (Phi) is 9.59. The van der Waals surface area contributed by atoms with Gasteiger partial charge in [-0.3, -0.25) is 9.59 Å². The van der Waals surface area contributed by atoms with E-state index in [1.165, 1.54) is 23.1 Å². The Morgan fingerprint density at radius 2 is 1.81 bits per heavy atom. The lowest BCUT2D eigenvalue weighted by Gasteiger charge is -2.31. The molecule has 0 heterocycles. The molecule has 0 aliphatic heterocycles. The Hall–Kier alpha value is -2.31. The highest BCUT2D eigenvalue weighted by molar-refractivity contribution is 6.35. The first-order valence-electron chi connectivity index (χ1n) is 10.1. The molecular formula is C23H27Cl2FN2O3. The Labute approximate surface area is 192 Å². The first-order chi connectivity index (χ1) is 14.7. The molecule has 0 saturated carbocycles. The molecule has 1 atom stereocenters. The van der Waals surface area contributed by atoms with Gasteiger partial charge in [-0.05, 0) is 48.2 Å². The van der Waals surface area contributed by atoms with Crippen molar-refractivity contribution in [2.24, 2.45) is 5.92 Å². The van der Waals surface area contributed by atoms with Gasteiger partial charge in [0.15, 0.2) is 6.61 Å². The van der Waals surface area contributed by atoms with E-state index in [2.05, 4.69) is 5.32 Å². The molecule has 0 saturated heterocycles. The van der Waals surface area contributed by atoms with Gasteiger partial charge in [0.25, 0.3) is 5.91 Å². The van der Waals surface area contributed by atoms with Crippen molar-refractivity contribution in [2.75, 3.05) is 13.2 Å². The summed E-state index contributed by atoms with van der Waals surface area (Å²) in [6.07, 6.45) is 0.415. The topological polar surface area (TPSA) is 58.6 Å². The van der Waals surface area contributed by atoms with Crippen molar-refractivity contribution >= 4 is 35.0 Å². The van der Waals surface area contributed by atoms with Crippen molar-refractivity contribution in [1.29, 1.82) is 0 Å². The number of ether oxygens (including phenoxy) is 1. The fourth-order valence-corrected chi connectivity index (χ4v) is 3.41. The van der Waals surface area contributed by atoms with Crippen LogP contribution >= 0.6 is 23.2 Å². The molecule has 0 bridgehead atoms. The third-order valence-electron chi connectivity index (χ3n) is 4.58. The molecule has 0 unspecified atom stereocenters. The van der Waals surface area contributed by atoms with Crippen LogP contribution in [-0.2, 0) is 16.1 Å². The zero-order chi connectivity index (χ0) is 23.0. The second-order valence-corrected chi connectivity index (χ2v) is 8.42. The lowest BCUT2D eigenvalue weighted by Crippen LogP contribution is -2.50. The number of hydrogen-bond donors (Lipinski definition) is 1. The number of carbonyl (C=O) groups excluding carboxylic acids is 2. The number of carbonyl (C=O) groups is 2. The summed E-state index contributed by atoms with van der Waals surface area (Å²) < 4.78 is 18.9. The van der Waals surface area contributed by atoms with E-state index >= 15 is 0 Å². The Bertz CT molecular complexity index is 891. The molecule has 2 aromatic carbocycles. The van der Waals surface area contributed by atoms with Crippen LogP contribution in [0.1, 0.15) is 32.8 Å². The van der Waals surface area contributed by atoms with Crippen molar-refractivity contribution in [3.8, 4) is 5.75 Å². The number of halogens is 3. The monoisotopic (exact) mass is 468 g/mol. The molecule has 1 N–H and O–H groups in total. The minimum atomic E-state index is -0.694. The van der Waals surface area contributed by atoms with Crippen LogP contribution in [0.4, 0.5) is 4.39 Å². The smallest absolute Gasteiger partial charge is 0.261 e. The highest BCUT2D eigenvalue weighted by Gasteiger charge is 2.29. The van der Waals surface area contributed by atoms with Gasteiger partial charge in [0.05, 0.1) is 5.02 Å². The Morgan fingerprint density at radius 3 is 2.39 bits per heavy atom. The predicted octanol–water partition coefficient (Wildman–Crippen LogP) is 5.09. The summed E-state index contributed by atoms with van der Waals surface area (Å²) in [5.74, 6) is -0.404. The third-order valence-corrected chi connectivity index (χ3v) is 5.11. The highest BCUT2D eigenvalue weighted by atomic mass is 35.5. The van der Waals surface area contributed by atoms with E-state index in [4.69, 9.17) is 27.9 Å². The van der Waals surface area contributed by atoms with Gasteiger partial charge in [-0.1, -0.05) is 56.1 Å². The molecule has 168 valence electrons. The number of nitrogens with one attached hydrogen (secondary N) is 1. The summed E-state index contributed by atoms with van der Waals surface area (Å²) in [4.78, 5) is 27.3. The summed E-state index contributed by atoms with van der Waals surface area (Å²) in [5, 5.41) is 3.62. The third kappa shape index (κ3) is 7.71. The van der Waals surface area contributed by atoms with Crippen LogP contribution in [0.3, 0.4) is 0 Å². The fraction of sp³-hybridized carbons (Fsp3) is 0.391. The molecule has 0 spiro atoms. The second kappa shape index (κ2) is 11.9. The molecule has 5 nitrogen and oxygen atoms in total. The lowest BCUT2D eigenvalue weighted by atomic mass is 10.1. The van der Waals surface area contributed by atoms with Gasteiger partial charge in [0.1, 0.15) is 17.6 Å². The summed E-state index contributed by atoms with van der Waals surface area (Å²) in [6, 6.07) is 9.83. The van der Waals surface area contributed by atoms with Crippen molar-refractivity contribution in [3.63, 3.8) is 0 Å². The molecule has 0 aliphatic carbocycles. The largest absolute Gasteiger partial charge is 0.482 e. The van der Waals surface area contributed by atoms with E-state index in [-0.39, 0.29) is 41.7 Å². The van der Waals surface area contributed by atoms with Crippen LogP contribution in [-0.4, -0.2) is 35.9 Å². The number of rotatable bonds is 10. The Morgan fingerprint density at radius 1 is 1.13 bits per heavy atom. The molecule has 2 amide bonds. The summed E-state index contributed by atoms with van der Waals surface area (Å²) >= 11 is 12.0. The maximum atomic E-state index is 13.3. The van der Waals surface area contributed by atoms with Crippen LogP contribution in [0, 0.1) is 11.7 Å². The molecule has 0 radical (unpaired) electrons. The zero-order valence-electron chi connectivity index (χ0n) is 17.8. The van der Waals surface area contributed by atoms with Crippen LogP contribution in [0.2, 0.25) is 10.0 Å². The number of nitrogens with zero attached hydrogens (tertiary/aromatic N) is 1. The zero-order valence-corrected chi connectivity index (χ0v) is 19.3. The van der Waals surface area contributed by atoms with Crippen molar-refractivity contribution in [1.82, 2.24) is 10.2 Å². The van der Waals surface area contributed by atoms with Gasteiger partial charge < -0.3 is 15.0 Å². The van der Waals surface area contributed by atoms with E-state index in [9.17, 15) is 14.0 Å². The maximum Gasteiger partial charge on any atom is 0.261 e. The predicted molar refractivity (Wildman–Crippen MR) is 121 cm³/mol. The first kappa shape index (κ1) is 25.0. The van der Waals surface area contributed by atoms with Crippen LogP contribution in [0.5, 0.6) is 5.75 Å². The van der Waals surface area contributed by atoms with Crippen molar-refractivity contribution in [2.45, 2.75) is 39.8 Å². The second-order valence-electron chi connectivity index (χ2n) is 7.57. The molecule has 2 aromatic rings. The fourth-order valence-electron chi connectivity index (χ4n) is 2.94. The normalized spacial score (nSPS) is 11.8. The van der Waals surface area contributed by atoms with E-state index in [1.54, 1.807) is 24.3 Å². The Balaban J connectivity index is 2.20. The van der Waals surface area contributed by atoms with Crippen molar-refractivity contribution < 1.29 is 18.7 Å². The van der Waals surface area contributed by atoms with Gasteiger partial charge >= 0.3 is 0 Å². The quantitative estimate of drug-likeness (QED) is 0.528. The minimum Gasteiger partial charge on any atom is -0.482 e. The van der Waals surface area contributed by atoms with Gasteiger partial charge in [-0.25, -0.2) is 4.39 Å². The van der Waals surface area contributed by atoms with Gasteiger partial charge in [0.2, 0.25) is 5.91 Å². The molecule has 8 heteroatoms. The van der Waals surface area contributed by atoms with Gasteiger partial charge in [-0.2, -0.15) is 0 Å². The van der Waals surface area contributed by atoms with E-state index in [1.807, 2.05) is 20.8 Å². The van der Waals surface area contributed by atoms with E-state index in [0.717, 1.165) is 0 Å². The minimum absolute atomic E-state index is 0.143. The lowest BCUT2D eigenvalue weighted by molar-refractivity contribution is -0.143. The maximum absolute atomic E-state index is 13.3. The van der Waals surface area contributed by atoms with Crippen molar-refractivity contribution in [3.05, 3.63) is 63.9 Å². The standard InChI is InChI=1S/C23H27Cl2FN2O3/c1-4-20(23(30)27-12-15(2)3)28(13-16-5-8-18(26)9-6-16)22(29)14-31-21-10-7-17(24)11-19(21)25/h5-11,15,20H,4,12-14H2,1-3H3,(H,27,30)/t20-/m0/s1. The molecule has 31 heavy (non-hydrogen) atoms. The molecule has 0 aromatic heterocycles. The molecular weight excluding hydrogens is 442 g/mol. The highest BCUT2D eigenvalue weighted by Crippen LogP contribution is 2.27. The molecule has 0 fully saturated rings. The number of benzene rings is 2. The number of hydrogen-bond acceptors (Lipinski definition) is 3. The SMILES string of the molecule is CC[C@@H](C(=O)NCC(C)C)N(Cc1ccc(F)cc1)C(=O)COc1ccc(Cl)cc1Cl. The van der Waals surface area contributed by atoms with Crippen LogP contribution in [0.25, 0.3) is 0 Å². The van der Waals surface area contributed by atoms with E-state index in [0.29, 0.717) is 29.3 Å². The molecule has 2 rings (SSSR count). The van der Waals surface area contributed by atoms with Crippen LogP contribution < -0.4 is 10.1 Å². The summed E-state index contributed by atoms with van der Waals surface area (Å²) in [7, 11) is 0. The average molecular weight is 469 g/mol.